The Kier molecular flexibility index (Phi) is 3.97. The van der Waals surface area contributed by atoms with E-state index in [9.17, 15) is 4.79 Å². The van der Waals surface area contributed by atoms with Gasteiger partial charge in [0, 0.05) is 18.1 Å². The van der Waals surface area contributed by atoms with Crippen LogP contribution in [-0.4, -0.2) is 33.7 Å². The molecule has 1 saturated heterocycles. The van der Waals surface area contributed by atoms with E-state index in [0.29, 0.717) is 10.6 Å². The molecule has 4 nitrogen and oxygen atoms in total. The fourth-order valence-corrected chi connectivity index (χ4v) is 3.00. The van der Waals surface area contributed by atoms with E-state index in [0.717, 1.165) is 43.7 Å². The summed E-state index contributed by atoms with van der Waals surface area (Å²) in [5.41, 5.74) is 2.54. The SMILES string of the molecule is CCc1c(C(=O)N2CCCC2)cnn1-c1cccc(Cl)c1. The minimum atomic E-state index is 0.0950. The number of hydrogen-bond donors (Lipinski definition) is 0. The largest absolute Gasteiger partial charge is 0.339 e. The van der Waals surface area contributed by atoms with Crippen LogP contribution in [0.2, 0.25) is 5.02 Å². The van der Waals surface area contributed by atoms with Crippen molar-refractivity contribution in [3.8, 4) is 5.69 Å². The van der Waals surface area contributed by atoms with Crippen molar-refractivity contribution in [2.75, 3.05) is 13.1 Å². The monoisotopic (exact) mass is 303 g/mol. The highest BCUT2D eigenvalue weighted by Crippen LogP contribution is 2.21. The Labute approximate surface area is 129 Å². The molecule has 5 heteroatoms. The van der Waals surface area contributed by atoms with Crippen molar-refractivity contribution in [3.05, 3.63) is 46.7 Å². The molecular weight excluding hydrogens is 286 g/mol. The second-order valence-corrected chi connectivity index (χ2v) is 5.69. The van der Waals surface area contributed by atoms with Gasteiger partial charge in [0.15, 0.2) is 0 Å². The van der Waals surface area contributed by atoms with Crippen molar-refractivity contribution >= 4 is 17.5 Å². The molecule has 1 amide bonds. The van der Waals surface area contributed by atoms with Gasteiger partial charge in [0.1, 0.15) is 0 Å². The van der Waals surface area contributed by atoms with Crippen LogP contribution >= 0.6 is 11.6 Å². The van der Waals surface area contributed by atoms with Crippen LogP contribution < -0.4 is 0 Å². The molecule has 1 aliphatic heterocycles. The summed E-state index contributed by atoms with van der Waals surface area (Å²) in [7, 11) is 0. The van der Waals surface area contributed by atoms with Crippen LogP contribution in [0.4, 0.5) is 0 Å². The summed E-state index contributed by atoms with van der Waals surface area (Å²) in [6, 6.07) is 7.52. The number of hydrogen-bond acceptors (Lipinski definition) is 2. The van der Waals surface area contributed by atoms with Crippen molar-refractivity contribution in [1.29, 1.82) is 0 Å². The smallest absolute Gasteiger partial charge is 0.257 e. The van der Waals surface area contributed by atoms with E-state index in [2.05, 4.69) is 5.10 Å². The molecular formula is C16H18ClN3O. The second kappa shape index (κ2) is 5.90. The van der Waals surface area contributed by atoms with Crippen LogP contribution in [0.15, 0.2) is 30.5 Å². The lowest BCUT2D eigenvalue weighted by Gasteiger charge is -2.15. The Morgan fingerprint density at radius 3 is 2.76 bits per heavy atom. The molecule has 0 spiro atoms. The van der Waals surface area contributed by atoms with E-state index in [1.807, 2.05) is 40.8 Å². The number of rotatable bonds is 3. The van der Waals surface area contributed by atoms with Crippen LogP contribution in [0.3, 0.4) is 0 Å². The molecule has 0 N–H and O–H groups in total. The third-order valence-electron chi connectivity index (χ3n) is 3.88. The van der Waals surface area contributed by atoms with Gasteiger partial charge in [-0.1, -0.05) is 24.6 Å². The summed E-state index contributed by atoms with van der Waals surface area (Å²) >= 11 is 6.05. The predicted octanol–water partition coefficient (Wildman–Crippen LogP) is 3.32. The second-order valence-electron chi connectivity index (χ2n) is 5.25. The Hall–Kier alpha value is -1.81. The summed E-state index contributed by atoms with van der Waals surface area (Å²) in [6.07, 6.45) is 4.62. The number of likely N-dealkylation sites (tertiary alicyclic amines) is 1. The first-order valence-corrected chi connectivity index (χ1v) is 7.70. The van der Waals surface area contributed by atoms with Crippen LogP contribution in [-0.2, 0) is 6.42 Å². The zero-order valence-electron chi connectivity index (χ0n) is 12.1. The quantitative estimate of drug-likeness (QED) is 0.872. The van der Waals surface area contributed by atoms with Crippen LogP contribution in [0, 0.1) is 0 Å². The maximum atomic E-state index is 12.6. The average molecular weight is 304 g/mol. The summed E-state index contributed by atoms with van der Waals surface area (Å²) in [5.74, 6) is 0.0950. The van der Waals surface area contributed by atoms with Gasteiger partial charge in [-0.3, -0.25) is 4.79 Å². The fraction of sp³-hybridized carbons (Fsp3) is 0.375. The number of carbonyl (C=O) groups is 1. The molecule has 0 saturated carbocycles. The molecule has 2 aromatic rings. The van der Waals surface area contributed by atoms with Gasteiger partial charge in [-0.2, -0.15) is 5.10 Å². The van der Waals surface area contributed by atoms with E-state index >= 15 is 0 Å². The van der Waals surface area contributed by atoms with E-state index in [1.165, 1.54) is 0 Å². The number of amides is 1. The van der Waals surface area contributed by atoms with Gasteiger partial charge in [0.2, 0.25) is 0 Å². The molecule has 0 aliphatic carbocycles. The number of halogens is 1. The number of aromatic nitrogens is 2. The Balaban J connectivity index is 1.98. The molecule has 0 unspecified atom stereocenters. The molecule has 3 rings (SSSR count). The van der Waals surface area contributed by atoms with Gasteiger partial charge in [-0.05, 0) is 37.5 Å². The Morgan fingerprint density at radius 2 is 2.10 bits per heavy atom. The molecule has 1 fully saturated rings. The van der Waals surface area contributed by atoms with Gasteiger partial charge < -0.3 is 4.90 Å². The molecule has 110 valence electrons. The molecule has 1 aromatic heterocycles. The third-order valence-corrected chi connectivity index (χ3v) is 4.12. The number of benzene rings is 1. The zero-order chi connectivity index (χ0) is 14.8. The predicted molar refractivity (Wildman–Crippen MR) is 83.1 cm³/mol. The third kappa shape index (κ3) is 2.68. The van der Waals surface area contributed by atoms with Crippen LogP contribution in [0.5, 0.6) is 0 Å². The van der Waals surface area contributed by atoms with E-state index in [4.69, 9.17) is 11.6 Å². The molecule has 1 aromatic carbocycles. The first-order chi connectivity index (χ1) is 10.2. The van der Waals surface area contributed by atoms with Crippen molar-refractivity contribution in [1.82, 2.24) is 14.7 Å². The van der Waals surface area contributed by atoms with E-state index in [-0.39, 0.29) is 5.91 Å². The molecule has 2 heterocycles. The average Bonchev–Trinajstić information content (AvgIpc) is 3.15. The summed E-state index contributed by atoms with van der Waals surface area (Å²) in [4.78, 5) is 14.5. The van der Waals surface area contributed by atoms with E-state index < -0.39 is 0 Å². The van der Waals surface area contributed by atoms with Crippen molar-refractivity contribution < 1.29 is 4.79 Å². The first kappa shape index (κ1) is 14.1. The maximum Gasteiger partial charge on any atom is 0.257 e. The summed E-state index contributed by atoms with van der Waals surface area (Å²) < 4.78 is 1.81. The van der Waals surface area contributed by atoms with Gasteiger partial charge in [0.25, 0.3) is 5.91 Å². The molecule has 0 atom stereocenters. The number of carbonyl (C=O) groups excluding carboxylic acids is 1. The number of nitrogens with zero attached hydrogens (tertiary/aromatic N) is 3. The Bertz CT molecular complexity index is 659. The Morgan fingerprint density at radius 1 is 1.33 bits per heavy atom. The lowest BCUT2D eigenvalue weighted by Crippen LogP contribution is -2.28. The van der Waals surface area contributed by atoms with E-state index in [1.54, 1.807) is 6.20 Å². The van der Waals surface area contributed by atoms with Crippen molar-refractivity contribution in [2.45, 2.75) is 26.2 Å². The first-order valence-electron chi connectivity index (χ1n) is 7.33. The zero-order valence-corrected chi connectivity index (χ0v) is 12.8. The van der Waals surface area contributed by atoms with Crippen molar-refractivity contribution in [2.24, 2.45) is 0 Å². The highest BCUT2D eigenvalue weighted by atomic mass is 35.5. The standard InChI is InChI=1S/C16H18ClN3O/c1-2-15-14(16(21)19-8-3-4-9-19)11-18-20(15)13-7-5-6-12(17)10-13/h5-7,10-11H,2-4,8-9H2,1H3. The minimum absolute atomic E-state index is 0.0950. The lowest BCUT2D eigenvalue weighted by molar-refractivity contribution is 0.0791. The normalized spacial score (nSPS) is 14.7. The highest BCUT2D eigenvalue weighted by molar-refractivity contribution is 6.30. The van der Waals surface area contributed by atoms with Crippen LogP contribution in [0.25, 0.3) is 5.69 Å². The molecule has 0 radical (unpaired) electrons. The van der Waals surface area contributed by atoms with Gasteiger partial charge in [-0.25, -0.2) is 4.68 Å². The summed E-state index contributed by atoms with van der Waals surface area (Å²) in [5, 5.41) is 5.07. The molecule has 0 bridgehead atoms. The van der Waals surface area contributed by atoms with Gasteiger partial charge in [0.05, 0.1) is 23.1 Å². The van der Waals surface area contributed by atoms with Crippen LogP contribution in [0.1, 0.15) is 35.8 Å². The molecule has 21 heavy (non-hydrogen) atoms. The summed E-state index contributed by atoms with van der Waals surface area (Å²) in [6.45, 7) is 3.74. The highest BCUT2D eigenvalue weighted by Gasteiger charge is 2.24. The van der Waals surface area contributed by atoms with Gasteiger partial charge >= 0.3 is 0 Å². The fourth-order valence-electron chi connectivity index (χ4n) is 2.81. The minimum Gasteiger partial charge on any atom is -0.339 e. The van der Waals surface area contributed by atoms with Crippen molar-refractivity contribution in [3.63, 3.8) is 0 Å². The molecule has 1 aliphatic rings. The van der Waals surface area contributed by atoms with Gasteiger partial charge in [-0.15, -0.1) is 0 Å². The maximum absolute atomic E-state index is 12.6. The topological polar surface area (TPSA) is 38.1 Å². The lowest BCUT2D eigenvalue weighted by atomic mass is 10.1.